The number of carbonyl (C=O) groups excluding carboxylic acids is 2. The first kappa shape index (κ1) is 20.1. The van der Waals surface area contributed by atoms with E-state index < -0.39 is 6.09 Å². The lowest BCUT2D eigenvalue weighted by Crippen LogP contribution is -2.26. The van der Waals surface area contributed by atoms with Crippen molar-refractivity contribution in [2.24, 2.45) is 0 Å². The van der Waals surface area contributed by atoms with Crippen molar-refractivity contribution in [2.45, 2.75) is 13.8 Å². The van der Waals surface area contributed by atoms with Crippen LogP contribution in [0.4, 0.5) is 16.2 Å². The van der Waals surface area contributed by atoms with E-state index in [4.69, 9.17) is 4.74 Å². The zero-order chi connectivity index (χ0) is 20.8. The Labute approximate surface area is 170 Å². The van der Waals surface area contributed by atoms with Gasteiger partial charge in [0.05, 0.1) is 23.6 Å². The molecule has 148 valence electrons. The number of hydrogen-bond acceptors (Lipinski definition) is 4. The van der Waals surface area contributed by atoms with Crippen molar-refractivity contribution in [1.82, 2.24) is 4.98 Å². The topological polar surface area (TPSA) is 71.5 Å². The number of carbonyl (C=O) groups is 2. The predicted molar refractivity (Wildman–Crippen MR) is 114 cm³/mol. The third kappa shape index (κ3) is 4.79. The molecule has 0 saturated carbocycles. The number of pyridine rings is 1. The van der Waals surface area contributed by atoms with Crippen LogP contribution in [-0.4, -0.2) is 30.6 Å². The molecule has 29 heavy (non-hydrogen) atoms. The van der Waals surface area contributed by atoms with E-state index in [-0.39, 0.29) is 5.91 Å². The van der Waals surface area contributed by atoms with Gasteiger partial charge in [-0.3, -0.25) is 14.7 Å². The number of rotatable bonds is 5. The maximum atomic E-state index is 12.7. The summed E-state index contributed by atoms with van der Waals surface area (Å²) in [7, 11) is 1.63. The molecular formula is C23H23N3O3. The van der Waals surface area contributed by atoms with Crippen LogP contribution in [0.2, 0.25) is 0 Å². The Hall–Kier alpha value is -3.67. The smallest absolute Gasteiger partial charge is 0.413 e. The second-order valence-electron chi connectivity index (χ2n) is 6.45. The Balaban J connectivity index is 1.71. The van der Waals surface area contributed by atoms with Crippen molar-refractivity contribution in [3.63, 3.8) is 0 Å². The summed E-state index contributed by atoms with van der Waals surface area (Å²) in [6.07, 6.45) is -0.426. The van der Waals surface area contributed by atoms with Gasteiger partial charge in [-0.05, 0) is 50.2 Å². The molecule has 1 heterocycles. The standard InChI is InChI=1S/C23H23N3O3/c1-4-29-23(28)26(3)19-12-10-18(11-13-19)25-22(27)20-14-15-21(24-16(20)2)17-8-6-5-7-9-17/h5-15H,4H2,1-3H3,(H,25,27). The Morgan fingerprint density at radius 3 is 2.31 bits per heavy atom. The van der Waals surface area contributed by atoms with Crippen LogP contribution in [-0.2, 0) is 4.74 Å². The van der Waals surface area contributed by atoms with E-state index in [0.717, 1.165) is 11.3 Å². The molecule has 0 fully saturated rings. The molecule has 0 aliphatic heterocycles. The number of nitrogens with zero attached hydrogens (tertiary/aromatic N) is 2. The summed E-state index contributed by atoms with van der Waals surface area (Å²) in [4.78, 5) is 30.4. The number of nitrogens with one attached hydrogen (secondary N) is 1. The zero-order valence-electron chi connectivity index (χ0n) is 16.7. The SMILES string of the molecule is CCOC(=O)N(C)c1ccc(NC(=O)c2ccc(-c3ccccc3)nc2C)cc1. The molecular weight excluding hydrogens is 366 g/mol. The Morgan fingerprint density at radius 1 is 1.00 bits per heavy atom. The molecule has 1 N–H and O–H groups in total. The first-order valence-corrected chi connectivity index (χ1v) is 9.34. The largest absolute Gasteiger partial charge is 0.449 e. The van der Waals surface area contributed by atoms with E-state index in [1.165, 1.54) is 4.90 Å². The molecule has 0 aliphatic rings. The average molecular weight is 389 g/mol. The van der Waals surface area contributed by atoms with Crippen molar-refractivity contribution < 1.29 is 14.3 Å². The molecule has 3 rings (SSSR count). The second-order valence-corrected chi connectivity index (χ2v) is 6.45. The van der Waals surface area contributed by atoms with Gasteiger partial charge in [-0.25, -0.2) is 4.79 Å². The fraction of sp³-hybridized carbons (Fsp3) is 0.174. The lowest BCUT2D eigenvalue weighted by atomic mass is 10.1. The molecule has 0 atom stereocenters. The molecule has 0 radical (unpaired) electrons. The highest BCUT2D eigenvalue weighted by Crippen LogP contribution is 2.21. The number of amides is 2. The summed E-state index contributed by atoms with van der Waals surface area (Å²) in [6, 6.07) is 20.4. The molecule has 3 aromatic rings. The normalized spacial score (nSPS) is 10.3. The monoisotopic (exact) mass is 389 g/mol. The number of aryl methyl sites for hydroxylation is 1. The van der Waals surface area contributed by atoms with Gasteiger partial charge in [0, 0.05) is 24.0 Å². The van der Waals surface area contributed by atoms with Crippen LogP contribution in [0.25, 0.3) is 11.3 Å². The number of anilines is 2. The molecule has 0 saturated heterocycles. The van der Waals surface area contributed by atoms with Gasteiger partial charge in [-0.1, -0.05) is 30.3 Å². The summed E-state index contributed by atoms with van der Waals surface area (Å²) in [5.41, 5.74) is 4.30. The van der Waals surface area contributed by atoms with Gasteiger partial charge in [0.25, 0.3) is 5.91 Å². The molecule has 2 amide bonds. The summed E-state index contributed by atoms with van der Waals surface area (Å²) < 4.78 is 4.98. The van der Waals surface area contributed by atoms with Crippen molar-refractivity contribution in [1.29, 1.82) is 0 Å². The maximum absolute atomic E-state index is 12.7. The van der Waals surface area contributed by atoms with Gasteiger partial charge < -0.3 is 10.1 Å². The molecule has 6 nitrogen and oxygen atoms in total. The Bertz CT molecular complexity index is 1000. The first-order chi connectivity index (χ1) is 14.0. The van der Waals surface area contributed by atoms with E-state index in [2.05, 4.69) is 10.3 Å². The molecule has 0 bridgehead atoms. The van der Waals surface area contributed by atoms with E-state index in [1.54, 1.807) is 44.3 Å². The van der Waals surface area contributed by atoms with Crippen molar-refractivity contribution in [2.75, 3.05) is 23.9 Å². The van der Waals surface area contributed by atoms with E-state index in [0.29, 0.717) is 29.2 Å². The molecule has 1 aromatic heterocycles. The lowest BCUT2D eigenvalue weighted by molar-refractivity contribution is 0.102. The molecule has 6 heteroatoms. The summed E-state index contributed by atoms with van der Waals surface area (Å²) >= 11 is 0. The van der Waals surface area contributed by atoms with Crippen LogP contribution in [0.3, 0.4) is 0 Å². The third-order valence-electron chi connectivity index (χ3n) is 4.45. The summed E-state index contributed by atoms with van der Waals surface area (Å²) in [5, 5.41) is 2.87. The summed E-state index contributed by atoms with van der Waals surface area (Å²) in [6.45, 7) is 3.89. The zero-order valence-corrected chi connectivity index (χ0v) is 16.7. The summed E-state index contributed by atoms with van der Waals surface area (Å²) in [5.74, 6) is -0.235. The minimum Gasteiger partial charge on any atom is -0.449 e. The quantitative estimate of drug-likeness (QED) is 0.674. The fourth-order valence-electron chi connectivity index (χ4n) is 2.86. The number of benzene rings is 2. The van der Waals surface area contributed by atoms with Crippen molar-refractivity contribution >= 4 is 23.4 Å². The van der Waals surface area contributed by atoms with Crippen molar-refractivity contribution in [3.05, 3.63) is 78.0 Å². The van der Waals surface area contributed by atoms with Gasteiger partial charge in [0.1, 0.15) is 0 Å². The minimum atomic E-state index is -0.426. The molecule has 0 spiro atoms. The van der Waals surface area contributed by atoms with Gasteiger partial charge in [-0.2, -0.15) is 0 Å². The van der Waals surface area contributed by atoms with Crippen LogP contribution >= 0.6 is 0 Å². The number of ether oxygens (including phenoxy) is 1. The Kier molecular flexibility index (Phi) is 6.24. The third-order valence-corrected chi connectivity index (χ3v) is 4.45. The number of aromatic nitrogens is 1. The van der Waals surface area contributed by atoms with Crippen molar-refractivity contribution in [3.8, 4) is 11.3 Å². The van der Waals surface area contributed by atoms with Crippen LogP contribution in [0, 0.1) is 6.92 Å². The average Bonchev–Trinajstić information content (AvgIpc) is 2.74. The maximum Gasteiger partial charge on any atom is 0.413 e. The highest BCUT2D eigenvalue weighted by molar-refractivity contribution is 6.05. The molecule has 0 unspecified atom stereocenters. The van der Waals surface area contributed by atoms with E-state index >= 15 is 0 Å². The van der Waals surface area contributed by atoms with Crippen LogP contribution in [0.1, 0.15) is 23.0 Å². The second kappa shape index (κ2) is 9.01. The van der Waals surface area contributed by atoms with Crippen LogP contribution < -0.4 is 10.2 Å². The molecule has 0 aliphatic carbocycles. The van der Waals surface area contributed by atoms with E-state index in [9.17, 15) is 9.59 Å². The molecule has 2 aromatic carbocycles. The lowest BCUT2D eigenvalue weighted by Gasteiger charge is -2.17. The van der Waals surface area contributed by atoms with Crippen LogP contribution in [0.5, 0.6) is 0 Å². The van der Waals surface area contributed by atoms with E-state index in [1.807, 2.05) is 43.3 Å². The van der Waals surface area contributed by atoms with Gasteiger partial charge >= 0.3 is 6.09 Å². The Morgan fingerprint density at radius 2 is 1.69 bits per heavy atom. The van der Waals surface area contributed by atoms with Gasteiger partial charge in [0.15, 0.2) is 0 Å². The predicted octanol–water partition coefficient (Wildman–Crippen LogP) is 4.90. The van der Waals surface area contributed by atoms with Gasteiger partial charge in [0.2, 0.25) is 0 Å². The minimum absolute atomic E-state index is 0.235. The fourth-order valence-corrected chi connectivity index (χ4v) is 2.86. The highest BCUT2D eigenvalue weighted by atomic mass is 16.6. The van der Waals surface area contributed by atoms with Crippen LogP contribution in [0.15, 0.2) is 66.7 Å². The first-order valence-electron chi connectivity index (χ1n) is 9.34. The van der Waals surface area contributed by atoms with Gasteiger partial charge in [-0.15, -0.1) is 0 Å². The highest BCUT2D eigenvalue weighted by Gasteiger charge is 2.14. The number of hydrogen-bond donors (Lipinski definition) is 1.